The lowest BCUT2D eigenvalue weighted by molar-refractivity contribution is 0.764. The first kappa shape index (κ1) is 16.6. The van der Waals surface area contributed by atoms with Crippen LogP contribution in [0.2, 0.25) is 0 Å². The molecule has 0 bridgehead atoms. The van der Waals surface area contributed by atoms with Gasteiger partial charge in [-0.25, -0.2) is 0 Å². The van der Waals surface area contributed by atoms with Gasteiger partial charge in [0.1, 0.15) is 11.3 Å². The SMILES string of the molecule is C=C/C=C(\C=C(C)C)Nc1ccc(=N)n(C(=N)[C@@H](C)N)n1. The van der Waals surface area contributed by atoms with Gasteiger partial charge >= 0.3 is 0 Å². The molecule has 112 valence electrons. The summed E-state index contributed by atoms with van der Waals surface area (Å²) in [4.78, 5) is 0. The Kier molecular flexibility index (Phi) is 5.80. The second-order valence-electron chi connectivity index (χ2n) is 4.89. The maximum Gasteiger partial charge on any atom is 0.151 e. The number of aromatic nitrogens is 2. The van der Waals surface area contributed by atoms with Crippen molar-refractivity contribution in [3.05, 3.63) is 53.7 Å². The summed E-state index contributed by atoms with van der Waals surface area (Å²) >= 11 is 0. The highest BCUT2D eigenvalue weighted by Gasteiger charge is 2.08. The summed E-state index contributed by atoms with van der Waals surface area (Å²) in [6.45, 7) is 9.35. The Morgan fingerprint density at radius 3 is 2.67 bits per heavy atom. The lowest BCUT2D eigenvalue weighted by Crippen LogP contribution is -2.39. The predicted molar refractivity (Wildman–Crippen MR) is 86.2 cm³/mol. The fourth-order valence-electron chi connectivity index (χ4n) is 1.58. The molecule has 0 saturated carbocycles. The zero-order chi connectivity index (χ0) is 16.0. The van der Waals surface area contributed by atoms with Crippen LogP contribution in [0.1, 0.15) is 20.8 Å². The second kappa shape index (κ2) is 7.35. The molecule has 0 aromatic carbocycles. The van der Waals surface area contributed by atoms with Crippen LogP contribution < -0.4 is 16.5 Å². The Balaban J connectivity index is 3.15. The first-order valence-corrected chi connectivity index (χ1v) is 6.59. The van der Waals surface area contributed by atoms with Gasteiger partial charge in [-0.15, -0.1) is 5.10 Å². The topological polar surface area (TPSA) is 104 Å². The van der Waals surface area contributed by atoms with Crippen LogP contribution in [0.15, 0.2) is 48.2 Å². The van der Waals surface area contributed by atoms with E-state index in [4.69, 9.17) is 16.6 Å². The number of anilines is 1. The summed E-state index contributed by atoms with van der Waals surface area (Å²) in [6, 6.07) is 2.76. The van der Waals surface area contributed by atoms with Crippen molar-refractivity contribution in [1.82, 2.24) is 9.78 Å². The van der Waals surface area contributed by atoms with Gasteiger partial charge in [0, 0.05) is 5.70 Å². The van der Waals surface area contributed by atoms with Crippen molar-refractivity contribution >= 4 is 11.7 Å². The molecule has 0 radical (unpaired) electrons. The van der Waals surface area contributed by atoms with E-state index >= 15 is 0 Å². The summed E-state index contributed by atoms with van der Waals surface area (Å²) in [5, 5.41) is 23.1. The molecule has 0 unspecified atom stereocenters. The number of nitrogens with one attached hydrogen (secondary N) is 3. The van der Waals surface area contributed by atoms with Gasteiger partial charge in [-0.1, -0.05) is 18.2 Å². The van der Waals surface area contributed by atoms with E-state index in [9.17, 15) is 0 Å². The van der Waals surface area contributed by atoms with Crippen molar-refractivity contribution in [1.29, 1.82) is 10.8 Å². The molecule has 0 aliphatic carbocycles. The van der Waals surface area contributed by atoms with Crippen molar-refractivity contribution in [2.75, 3.05) is 5.32 Å². The third-order valence-electron chi connectivity index (χ3n) is 2.51. The quantitative estimate of drug-likeness (QED) is 0.378. The average molecular weight is 286 g/mol. The molecule has 0 aliphatic rings. The standard InChI is InChI=1S/C15H22N6/c1-5-6-12(9-10(2)3)19-14-8-7-13(17)21(20-14)15(18)11(4)16/h5-9,11,17-18H,1,16H2,2-4H3,(H,19,20)/b12-6+,17-13?,18-15?/t11-/m1/s1. The zero-order valence-electron chi connectivity index (χ0n) is 12.6. The monoisotopic (exact) mass is 286 g/mol. The number of rotatable bonds is 5. The fourth-order valence-corrected chi connectivity index (χ4v) is 1.58. The summed E-state index contributed by atoms with van der Waals surface area (Å²) in [5.41, 5.74) is 7.75. The highest BCUT2D eigenvalue weighted by Crippen LogP contribution is 2.08. The molecule has 6 nitrogen and oxygen atoms in total. The van der Waals surface area contributed by atoms with Crippen LogP contribution in [-0.4, -0.2) is 21.7 Å². The summed E-state index contributed by atoms with van der Waals surface area (Å²) in [5.74, 6) is 0.599. The molecule has 0 fully saturated rings. The van der Waals surface area contributed by atoms with Gasteiger partial charge in [0.15, 0.2) is 5.82 Å². The third kappa shape index (κ3) is 4.85. The molecular weight excluding hydrogens is 264 g/mol. The molecule has 21 heavy (non-hydrogen) atoms. The van der Waals surface area contributed by atoms with E-state index < -0.39 is 6.04 Å². The number of hydrogen-bond acceptors (Lipinski definition) is 5. The smallest absolute Gasteiger partial charge is 0.151 e. The normalized spacial score (nSPS) is 12.5. The summed E-state index contributed by atoms with van der Waals surface area (Å²) < 4.78 is 1.21. The Morgan fingerprint density at radius 1 is 1.48 bits per heavy atom. The number of hydrogen-bond donors (Lipinski definition) is 4. The van der Waals surface area contributed by atoms with E-state index in [1.165, 1.54) is 4.68 Å². The minimum absolute atomic E-state index is 0.0696. The minimum atomic E-state index is -0.497. The first-order valence-electron chi connectivity index (χ1n) is 6.59. The minimum Gasteiger partial charge on any atom is -0.339 e. The molecule has 0 spiro atoms. The zero-order valence-corrected chi connectivity index (χ0v) is 12.6. The van der Waals surface area contributed by atoms with Gasteiger partial charge in [-0.2, -0.15) is 4.68 Å². The Morgan fingerprint density at radius 2 is 2.14 bits per heavy atom. The summed E-state index contributed by atoms with van der Waals surface area (Å²) in [6.07, 6.45) is 5.46. The molecule has 1 aromatic rings. The van der Waals surface area contributed by atoms with Gasteiger partial charge in [-0.05, 0) is 45.1 Å². The third-order valence-corrected chi connectivity index (χ3v) is 2.51. The largest absolute Gasteiger partial charge is 0.339 e. The molecule has 1 atom stereocenters. The fraction of sp³-hybridized carbons (Fsp3) is 0.267. The lowest BCUT2D eigenvalue weighted by Gasteiger charge is -2.13. The van der Waals surface area contributed by atoms with Crippen LogP contribution in [0.3, 0.4) is 0 Å². The van der Waals surface area contributed by atoms with Crippen LogP contribution in [0.5, 0.6) is 0 Å². The van der Waals surface area contributed by atoms with Crippen LogP contribution in [0.4, 0.5) is 5.82 Å². The van der Waals surface area contributed by atoms with Crippen molar-refractivity contribution in [2.45, 2.75) is 26.8 Å². The number of nitrogens with zero attached hydrogens (tertiary/aromatic N) is 2. The van der Waals surface area contributed by atoms with E-state index in [2.05, 4.69) is 17.0 Å². The maximum atomic E-state index is 7.88. The van der Waals surface area contributed by atoms with Gasteiger partial charge in [0.2, 0.25) is 0 Å². The highest BCUT2D eigenvalue weighted by molar-refractivity contribution is 5.85. The van der Waals surface area contributed by atoms with Crippen LogP contribution in [0, 0.1) is 10.8 Å². The molecule has 0 saturated heterocycles. The molecule has 5 N–H and O–H groups in total. The Labute approximate surface area is 124 Å². The van der Waals surface area contributed by atoms with Crippen LogP contribution >= 0.6 is 0 Å². The average Bonchev–Trinajstić information content (AvgIpc) is 2.39. The van der Waals surface area contributed by atoms with E-state index in [-0.39, 0.29) is 11.3 Å². The van der Waals surface area contributed by atoms with E-state index in [1.54, 1.807) is 25.1 Å². The molecule has 6 heteroatoms. The lowest BCUT2D eigenvalue weighted by atomic mass is 10.2. The van der Waals surface area contributed by atoms with Crippen molar-refractivity contribution in [2.24, 2.45) is 5.73 Å². The van der Waals surface area contributed by atoms with Crippen LogP contribution in [0.25, 0.3) is 0 Å². The predicted octanol–water partition coefficient (Wildman–Crippen LogP) is 1.98. The van der Waals surface area contributed by atoms with Crippen molar-refractivity contribution < 1.29 is 0 Å². The molecule has 1 heterocycles. The number of nitrogens with two attached hydrogens (primary N) is 1. The van der Waals surface area contributed by atoms with Gasteiger partial charge in [0.05, 0.1) is 6.04 Å². The molecule has 0 amide bonds. The van der Waals surface area contributed by atoms with Gasteiger partial charge in [-0.3, -0.25) is 10.8 Å². The van der Waals surface area contributed by atoms with Gasteiger partial charge < -0.3 is 11.1 Å². The van der Waals surface area contributed by atoms with E-state index in [0.29, 0.717) is 5.82 Å². The van der Waals surface area contributed by atoms with Crippen LogP contribution in [-0.2, 0) is 0 Å². The molecular formula is C15H22N6. The number of allylic oxidation sites excluding steroid dienone is 4. The Bertz CT molecular complexity index is 644. The molecule has 1 aromatic heterocycles. The molecule has 1 rings (SSSR count). The van der Waals surface area contributed by atoms with Gasteiger partial charge in [0.25, 0.3) is 0 Å². The summed E-state index contributed by atoms with van der Waals surface area (Å²) in [7, 11) is 0. The first-order chi connectivity index (χ1) is 9.85. The van der Waals surface area contributed by atoms with E-state index in [1.807, 2.05) is 26.0 Å². The van der Waals surface area contributed by atoms with Crippen molar-refractivity contribution in [3.8, 4) is 0 Å². The van der Waals surface area contributed by atoms with E-state index in [0.717, 1.165) is 11.3 Å². The highest BCUT2D eigenvalue weighted by atomic mass is 15.3. The van der Waals surface area contributed by atoms with Crippen molar-refractivity contribution in [3.63, 3.8) is 0 Å². The second-order valence-corrected chi connectivity index (χ2v) is 4.89. The Hall–Kier alpha value is -2.47. The molecule has 0 aliphatic heterocycles. The maximum absolute atomic E-state index is 7.88.